The van der Waals surface area contributed by atoms with Crippen LogP contribution < -0.4 is 11.2 Å². The molecule has 2 rings (SSSR count). The maximum Gasteiger partial charge on any atom is 0.335 e. The smallest absolute Gasteiger partial charge is 0.274 e. The highest BCUT2D eigenvalue weighted by Crippen LogP contribution is 1.97. The van der Waals surface area contributed by atoms with E-state index in [-0.39, 0.29) is 0 Å². The van der Waals surface area contributed by atoms with Gasteiger partial charge in [-0.2, -0.15) is 0 Å². The van der Waals surface area contributed by atoms with E-state index in [2.05, 4.69) is 4.98 Å². The molecular formula is C10H7N3O3. The molecule has 0 saturated carbocycles. The van der Waals surface area contributed by atoms with Crippen molar-refractivity contribution in [2.75, 3.05) is 0 Å². The molecule has 2 heterocycles. The first-order chi connectivity index (χ1) is 7.68. The van der Waals surface area contributed by atoms with Gasteiger partial charge in [-0.1, -0.05) is 0 Å². The Morgan fingerprint density at radius 1 is 1.19 bits per heavy atom. The highest BCUT2D eigenvalue weighted by Gasteiger charge is 2.09. The van der Waals surface area contributed by atoms with E-state index in [4.69, 9.17) is 0 Å². The van der Waals surface area contributed by atoms with Crippen molar-refractivity contribution in [2.24, 2.45) is 0 Å². The number of carbonyl (C=O) groups excluding carboxylic acids is 1. The van der Waals surface area contributed by atoms with E-state index in [1.54, 1.807) is 0 Å². The molecule has 0 radical (unpaired) electrons. The van der Waals surface area contributed by atoms with Crippen LogP contribution >= 0.6 is 0 Å². The third kappa shape index (κ3) is 1.81. The van der Waals surface area contributed by atoms with Crippen LogP contribution in [0.25, 0.3) is 0 Å². The Hall–Kier alpha value is -2.50. The van der Waals surface area contributed by atoms with Crippen molar-refractivity contribution >= 4 is 5.91 Å². The van der Waals surface area contributed by atoms with Crippen LogP contribution in [0.5, 0.6) is 0 Å². The summed E-state index contributed by atoms with van der Waals surface area (Å²) in [6, 6.07) is 4.08. The number of carbonyl (C=O) groups is 1. The van der Waals surface area contributed by atoms with Gasteiger partial charge in [-0.25, -0.2) is 9.36 Å². The summed E-state index contributed by atoms with van der Waals surface area (Å²) in [6.45, 7) is 0. The number of aromatic amines is 1. The highest BCUT2D eigenvalue weighted by atomic mass is 16.2. The first-order valence-electron chi connectivity index (χ1n) is 4.45. The summed E-state index contributed by atoms with van der Waals surface area (Å²) in [5.41, 5.74) is -0.970. The molecule has 0 amide bonds. The fourth-order valence-corrected chi connectivity index (χ4v) is 1.21. The summed E-state index contributed by atoms with van der Waals surface area (Å²) in [6.07, 6.45) is 4.04. The maximum absolute atomic E-state index is 11.8. The minimum Gasteiger partial charge on any atom is -0.274 e. The van der Waals surface area contributed by atoms with Crippen LogP contribution in [-0.4, -0.2) is 20.4 Å². The fraction of sp³-hybridized carbons (Fsp3) is 0. The van der Waals surface area contributed by atoms with Gasteiger partial charge in [-0.15, -0.1) is 0 Å². The normalized spacial score (nSPS) is 10.0. The molecule has 6 nitrogen and oxygen atoms in total. The zero-order valence-electron chi connectivity index (χ0n) is 8.08. The zero-order valence-corrected chi connectivity index (χ0v) is 8.08. The van der Waals surface area contributed by atoms with Gasteiger partial charge in [0.15, 0.2) is 0 Å². The number of hydrogen-bond donors (Lipinski definition) is 1. The number of H-pyrrole nitrogens is 1. The summed E-state index contributed by atoms with van der Waals surface area (Å²) in [5, 5.41) is 0. The quantitative estimate of drug-likeness (QED) is 0.705. The molecule has 16 heavy (non-hydrogen) atoms. The van der Waals surface area contributed by atoms with Crippen LogP contribution in [0.2, 0.25) is 0 Å². The van der Waals surface area contributed by atoms with Gasteiger partial charge in [-0.05, 0) is 12.1 Å². The maximum atomic E-state index is 11.8. The Balaban J connectivity index is 2.51. The van der Waals surface area contributed by atoms with Gasteiger partial charge in [0.2, 0.25) is 0 Å². The van der Waals surface area contributed by atoms with Crippen LogP contribution in [0, 0.1) is 0 Å². The predicted octanol–water partition coefficient (Wildman–Crippen LogP) is -0.380. The number of nitrogens with one attached hydrogen (secondary N) is 1. The number of rotatable bonds is 1. The number of nitrogens with zero attached hydrogens (tertiary/aromatic N) is 2. The Labute approximate surface area is 89.2 Å². The largest absolute Gasteiger partial charge is 0.335 e. The molecule has 2 aromatic rings. The van der Waals surface area contributed by atoms with Crippen molar-refractivity contribution in [2.45, 2.75) is 0 Å². The van der Waals surface area contributed by atoms with Gasteiger partial charge < -0.3 is 0 Å². The van der Waals surface area contributed by atoms with Crippen LogP contribution in [0.3, 0.4) is 0 Å². The van der Waals surface area contributed by atoms with Crippen LogP contribution in [0.4, 0.5) is 0 Å². The lowest BCUT2D eigenvalue weighted by molar-refractivity contribution is 0.0954. The Morgan fingerprint density at radius 3 is 2.50 bits per heavy atom. The molecule has 0 spiro atoms. The topological polar surface area (TPSA) is 84.8 Å². The summed E-state index contributed by atoms with van der Waals surface area (Å²) >= 11 is 0. The lowest BCUT2D eigenvalue weighted by Gasteiger charge is -2.01. The average molecular weight is 217 g/mol. The monoisotopic (exact) mass is 217 g/mol. The second-order valence-corrected chi connectivity index (χ2v) is 3.02. The Bertz CT molecular complexity index is 628. The highest BCUT2D eigenvalue weighted by molar-refractivity contribution is 5.95. The molecule has 0 atom stereocenters. The van der Waals surface area contributed by atoms with E-state index in [0.29, 0.717) is 5.56 Å². The van der Waals surface area contributed by atoms with Crippen molar-refractivity contribution in [3.8, 4) is 0 Å². The molecule has 0 aliphatic carbocycles. The standard InChI is InChI=1S/C10H7N3O3/c14-8-3-6-13(10(16)12-8)9(15)7-1-4-11-5-2-7/h1-6H,(H,12,14,16). The third-order valence-corrected chi connectivity index (χ3v) is 1.97. The number of pyridine rings is 1. The average Bonchev–Trinajstić information content (AvgIpc) is 2.29. The molecule has 1 N–H and O–H groups in total. The molecule has 0 aliphatic rings. The van der Waals surface area contributed by atoms with Crippen LogP contribution in [0.1, 0.15) is 10.4 Å². The van der Waals surface area contributed by atoms with E-state index in [1.165, 1.54) is 24.5 Å². The first kappa shape index (κ1) is 10.0. The van der Waals surface area contributed by atoms with E-state index in [9.17, 15) is 14.4 Å². The van der Waals surface area contributed by atoms with Gasteiger partial charge in [0.1, 0.15) is 0 Å². The summed E-state index contributed by atoms with van der Waals surface area (Å²) < 4.78 is 0.830. The fourth-order valence-electron chi connectivity index (χ4n) is 1.21. The minimum absolute atomic E-state index is 0.323. The molecular weight excluding hydrogens is 210 g/mol. The van der Waals surface area contributed by atoms with Gasteiger partial charge in [0.25, 0.3) is 11.5 Å². The van der Waals surface area contributed by atoms with E-state index in [0.717, 1.165) is 16.8 Å². The van der Waals surface area contributed by atoms with Crippen molar-refractivity contribution in [1.29, 1.82) is 0 Å². The molecule has 0 fully saturated rings. The van der Waals surface area contributed by atoms with Gasteiger partial charge >= 0.3 is 5.69 Å². The Morgan fingerprint density at radius 2 is 1.88 bits per heavy atom. The van der Waals surface area contributed by atoms with Crippen molar-refractivity contribution in [1.82, 2.24) is 14.5 Å². The van der Waals surface area contributed by atoms with Crippen LogP contribution in [-0.2, 0) is 0 Å². The van der Waals surface area contributed by atoms with Gasteiger partial charge in [-0.3, -0.25) is 19.6 Å². The summed E-state index contributed by atoms with van der Waals surface area (Å²) in [4.78, 5) is 39.7. The zero-order chi connectivity index (χ0) is 11.5. The number of aromatic nitrogens is 3. The second-order valence-electron chi connectivity index (χ2n) is 3.02. The SMILES string of the molecule is O=C(c1ccncc1)n1ccc(=O)[nH]c1=O. The Kier molecular flexibility index (Phi) is 2.47. The number of hydrogen-bond acceptors (Lipinski definition) is 4. The van der Waals surface area contributed by atoms with Gasteiger partial charge in [0.05, 0.1) is 0 Å². The lowest BCUT2D eigenvalue weighted by Crippen LogP contribution is -2.33. The first-order valence-corrected chi connectivity index (χ1v) is 4.45. The van der Waals surface area contributed by atoms with Crippen LogP contribution in [0.15, 0.2) is 46.4 Å². The molecule has 80 valence electrons. The van der Waals surface area contributed by atoms with Crippen molar-refractivity contribution in [3.63, 3.8) is 0 Å². The molecule has 6 heteroatoms. The summed E-state index contributed by atoms with van der Waals surface area (Å²) in [5.74, 6) is -0.511. The van der Waals surface area contributed by atoms with Crippen molar-refractivity contribution in [3.05, 3.63) is 63.2 Å². The lowest BCUT2D eigenvalue weighted by atomic mass is 10.2. The second kappa shape index (κ2) is 3.93. The minimum atomic E-state index is -0.755. The molecule has 0 unspecified atom stereocenters. The molecule has 0 aromatic carbocycles. The van der Waals surface area contributed by atoms with E-state index < -0.39 is 17.2 Å². The van der Waals surface area contributed by atoms with Gasteiger partial charge in [0, 0.05) is 30.2 Å². The van der Waals surface area contributed by atoms with E-state index in [1.807, 2.05) is 4.98 Å². The predicted molar refractivity (Wildman–Crippen MR) is 55.3 cm³/mol. The third-order valence-electron chi connectivity index (χ3n) is 1.97. The molecule has 2 aromatic heterocycles. The molecule has 0 saturated heterocycles. The summed E-state index contributed by atoms with van der Waals surface area (Å²) in [7, 11) is 0. The molecule has 0 aliphatic heterocycles. The molecule has 0 bridgehead atoms. The van der Waals surface area contributed by atoms with Crippen molar-refractivity contribution < 1.29 is 4.79 Å². The van der Waals surface area contributed by atoms with E-state index >= 15 is 0 Å².